The maximum absolute atomic E-state index is 11.3. The van der Waals surface area contributed by atoms with E-state index in [-0.39, 0.29) is 28.4 Å². The molecule has 0 aromatic heterocycles. The normalized spacial score (nSPS) is 22.2. The number of nitrogens with two attached hydrogens (primary N) is 1. The molecular weight excluding hydrogens is 298 g/mol. The van der Waals surface area contributed by atoms with Gasteiger partial charge in [-0.25, -0.2) is 13.6 Å². The monoisotopic (exact) mass is 315 g/mol. The number of rotatable bonds is 5. The minimum Gasteiger partial charge on any atom is -0.381 e. The molecule has 1 aliphatic rings. The van der Waals surface area contributed by atoms with Crippen LogP contribution < -0.4 is 10.5 Å². The van der Waals surface area contributed by atoms with Gasteiger partial charge in [0.25, 0.3) is 5.69 Å². The van der Waals surface area contributed by atoms with Gasteiger partial charge in [0.15, 0.2) is 0 Å². The van der Waals surface area contributed by atoms with Crippen molar-refractivity contribution in [2.24, 2.45) is 5.14 Å². The highest BCUT2D eigenvalue weighted by Crippen LogP contribution is 2.31. The van der Waals surface area contributed by atoms with Gasteiger partial charge in [-0.1, -0.05) is 0 Å². The van der Waals surface area contributed by atoms with Crippen LogP contribution in [0.5, 0.6) is 0 Å². The van der Waals surface area contributed by atoms with E-state index in [4.69, 9.17) is 9.88 Å². The lowest BCUT2D eigenvalue weighted by Crippen LogP contribution is -2.18. The molecular formula is C12H17N3O5S. The minimum atomic E-state index is -3.97. The number of sulfonamides is 1. The van der Waals surface area contributed by atoms with Gasteiger partial charge in [-0.05, 0) is 31.4 Å². The average Bonchev–Trinajstić information content (AvgIpc) is 2.85. The first-order chi connectivity index (χ1) is 9.81. The van der Waals surface area contributed by atoms with Crippen LogP contribution in [0, 0.1) is 10.1 Å². The molecule has 1 fully saturated rings. The summed E-state index contributed by atoms with van der Waals surface area (Å²) in [6, 6.07) is 3.67. The summed E-state index contributed by atoms with van der Waals surface area (Å²) in [7, 11) is -2.33. The number of nitrogens with one attached hydrogen (secondary N) is 1. The van der Waals surface area contributed by atoms with Gasteiger partial charge < -0.3 is 10.1 Å². The Bertz CT molecular complexity index is 646. The van der Waals surface area contributed by atoms with Gasteiger partial charge in [-0.3, -0.25) is 10.1 Å². The molecule has 1 aromatic rings. The van der Waals surface area contributed by atoms with Gasteiger partial charge in [-0.2, -0.15) is 0 Å². The molecule has 3 N–H and O–H groups in total. The van der Waals surface area contributed by atoms with Crippen LogP contribution in [-0.4, -0.2) is 32.6 Å². The minimum absolute atomic E-state index is 0.0639. The van der Waals surface area contributed by atoms with Crippen molar-refractivity contribution >= 4 is 21.4 Å². The molecule has 8 nitrogen and oxygen atoms in total. The van der Waals surface area contributed by atoms with Gasteiger partial charge in [-0.15, -0.1) is 0 Å². The highest BCUT2D eigenvalue weighted by Gasteiger charge is 2.27. The van der Waals surface area contributed by atoms with Gasteiger partial charge in [0.2, 0.25) is 10.0 Å². The highest BCUT2D eigenvalue weighted by molar-refractivity contribution is 7.89. The van der Waals surface area contributed by atoms with Crippen molar-refractivity contribution in [3.8, 4) is 0 Å². The standard InChI is InChI=1S/C12H17N3O5S/c1-20-9-3-2-8(6-9)14-11-5-4-10(21(13,18)19)7-12(11)15(16)17/h4-5,7-9,14H,2-3,6H2,1H3,(H2,13,18,19). The Morgan fingerprint density at radius 2 is 2.14 bits per heavy atom. The summed E-state index contributed by atoms with van der Waals surface area (Å²) >= 11 is 0. The fraction of sp³-hybridized carbons (Fsp3) is 0.500. The molecule has 0 heterocycles. The predicted molar refractivity (Wildman–Crippen MR) is 76.5 cm³/mol. The average molecular weight is 315 g/mol. The number of benzene rings is 1. The van der Waals surface area contributed by atoms with Crippen molar-refractivity contribution in [2.75, 3.05) is 12.4 Å². The second kappa shape index (κ2) is 5.96. The zero-order valence-corrected chi connectivity index (χ0v) is 12.3. The molecule has 2 unspecified atom stereocenters. The van der Waals surface area contributed by atoms with Crippen molar-refractivity contribution in [3.63, 3.8) is 0 Å². The Morgan fingerprint density at radius 1 is 1.43 bits per heavy atom. The Balaban J connectivity index is 2.25. The van der Waals surface area contributed by atoms with Gasteiger partial charge in [0.1, 0.15) is 5.69 Å². The summed E-state index contributed by atoms with van der Waals surface area (Å²) in [5.74, 6) is 0. The lowest BCUT2D eigenvalue weighted by Gasteiger charge is -2.14. The summed E-state index contributed by atoms with van der Waals surface area (Å²) in [5.41, 5.74) is -0.0171. The van der Waals surface area contributed by atoms with E-state index in [0.29, 0.717) is 0 Å². The molecule has 0 saturated heterocycles. The summed E-state index contributed by atoms with van der Waals surface area (Å²) < 4.78 is 27.8. The number of nitrogens with zero attached hydrogens (tertiary/aromatic N) is 1. The van der Waals surface area contributed by atoms with Crippen LogP contribution in [0.3, 0.4) is 0 Å². The van der Waals surface area contributed by atoms with E-state index in [1.54, 1.807) is 7.11 Å². The second-order valence-corrected chi connectivity index (χ2v) is 6.55. The van der Waals surface area contributed by atoms with Crippen molar-refractivity contribution < 1.29 is 18.1 Å². The fourth-order valence-electron chi connectivity index (χ4n) is 2.47. The van der Waals surface area contributed by atoms with Crippen LogP contribution in [0.1, 0.15) is 19.3 Å². The van der Waals surface area contributed by atoms with Crippen molar-refractivity contribution in [1.82, 2.24) is 0 Å². The predicted octanol–water partition coefficient (Wildman–Crippen LogP) is 1.22. The lowest BCUT2D eigenvalue weighted by atomic mass is 10.2. The highest BCUT2D eigenvalue weighted by atomic mass is 32.2. The van der Waals surface area contributed by atoms with E-state index < -0.39 is 14.9 Å². The lowest BCUT2D eigenvalue weighted by molar-refractivity contribution is -0.384. The summed E-state index contributed by atoms with van der Waals surface area (Å²) in [4.78, 5) is 10.2. The fourth-order valence-corrected chi connectivity index (χ4v) is 3.00. The third-order valence-corrected chi connectivity index (χ3v) is 4.48. The van der Waals surface area contributed by atoms with E-state index in [0.717, 1.165) is 25.3 Å². The molecule has 0 bridgehead atoms. The summed E-state index contributed by atoms with van der Waals surface area (Å²) in [6.07, 6.45) is 2.62. The zero-order chi connectivity index (χ0) is 15.6. The molecule has 2 rings (SSSR count). The molecule has 9 heteroatoms. The van der Waals surface area contributed by atoms with Gasteiger partial charge >= 0.3 is 0 Å². The number of nitro benzene ring substituents is 1. The largest absolute Gasteiger partial charge is 0.381 e. The quantitative estimate of drug-likeness (QED) is 0.621. The number of methoxy groups -OCH3 is 1. The number of anilines is 1. The van der Waals surface area contributed by atoms with Crippen LogP contribution in [0.2, 0.25) is 0 Å². The molecule has 2 atom stereocenters. The van der Waals surface area contributed by atoms with Gasteiger partial charge in [0, 0.05) is 19.2 Å². The van der Waals surface area contributed by atoms with Crippen LogP contribution in [-0.2, 0) is 14.8 Å². The van der Waals surface area contributed by atoms with Crippen LogP contribution in [0.25, 0.3) is 0 Å². The molecule has 1 aromatic carbocycles. The molecule has 1 saturated carbocycles. The Kier molecular flexibility index (Phi) is 4.45. The first-order valence-corrected chi connectivity index (χ1v) is 7.96. The molecule has 0 radical (unpaired) electrons. The SMILES string of the molecule is COC1CCC(Nc2ccc(S(N)(=O)=O)cc2[N+](=O)[O-])C1. The Morgan fingerprint density at radius 3 is 2.67 bits per heavy atom. The number of hydrogen-bond acceptors (Lipinski definition) is 6. The smallest absolute Gasteiger partial charge is 0.293 e. The number of primary sulfonamides is 1. The molecule has 0 spiro atoms. The van der Waals surface area contributed by atoms with Crippen molar-refractivity contribution in [1.29, 1.82) is 0 Å². The van der Waals surface area contributed by atoms with Crippen LogP contribution in [0.4, 0.5) is 11.4 Å². The van der Waals surface area contributed by atoms with Crippen LogP contribution >= 0.6 is 0 Å². The number of ether oxygens (including phenoxy) is 1. The maximum Gasteiger partial charge on any atom is 0.293 e. The Hall–Kier alpha value is -1.71. The van der Waals surface area contributed by atoms with E-state index in [2.05, 4.69) is 5.32 Å². The second-order valence-electron chi connectivity index (χ2n) is 4.99. The van der Waals surface area contributed by atoms with E-state index in [9.17, 15) is 18.5 Å². The first kappa shape index (κ1) is 15.7. The summed E-state index contributed by atoms with van der Waals surface area (Å²) in [6.45, 7) is 0. The van der Waals surface area contributed by atoms with Gasteiger partial charge in [0.05, 0.1) is 15.9 Å². The van der Waals surface area contributed by atoms with Crippen molar-refractivity contribution in [2.45, 2.75) is 36.3 Å². The molecule has 21 heavy (non-hydrogen) atoms. The van der Waals surface area contributed by atoms with E-state index >= 15 is 0 Å². The number of hydrogen-bond donors (Lipinski definition) is 2. The molecule has 1 aliphatic carbocycles. The molecule has 0 aliphatic heterocycles. The van der Waals surface area contributed by atoms with E-state index in [1.165, 1.54) is 12.1 Å². The number of nitro groups is 1. The topological polar surface area (TPSA) is 125 Å². The summed E-state index contributed by atoms with van der Waals surface area (Å²) in [5, 5.41) is 19.2. The first-order valence-electron chi connectivity index (χ1n) is 6.42. The van der Waals surface area contributed by atoms with Crippen molar-refractivity contribution in [3.05, 3.63) is 28.3 Å². The third-order valence-electron chi connectivity index (χ3n) is 3.57. The molecule has 0 amide bonds. The third kappa shape index (κ3) is 3.69. The van der Waals surface area contributed by atoms with Crippen LogP contribution in [0.15, 0.2) is 23.1 Å². The maximum atomic E-state index is 11.3. The van der Waals surface area contributed by atoms with E-state index in [1.807, 2.05) is 0 Å². The molecule has 116 valence electrons. The Labute approximate surface area is 122 Å². The zero-order valence-electron chi connectivity index (χ0n) is 11.5.